The lowest BCUT2D eigenvalue weighted by Gasteiger charge is -2.16. The van der Waals surface area contributed by atoms with Gasteiger partial charge in [0, 0.05) is 6.08 Å². The van der Waals surface area contributed by atoms with Gasteiger partial charge in [-0.05, 0) is 18.2 Å². The summed E-state index contributed by atoms with van der Waals surface area (Å²) in [4.78, 5) is 37.3. The molecule has 2 amide bonds. The first kappa shape index (κ1) is 18.7. The third-order valence-electron chi connectivity index (χ3n) is 3.49. The number of thiocarbonyl (C=S) groups is 1. The summed E-state index contributed by atoms with van der Waals surface area (Å²) in [5.41, 5.74) is -0.373. The number of benzene rings is 1. The molecular formula is C17H11N2O6S2-. The highest BCUT2D eigenvalue weighted by molar-refractivity contribution is 8.26. The first-order valence-corrected chi connectivity index (χ1v) is 8.70. The van der Waals surface area contributed by atoms with Crippen molar-refractivity contribution in [2.75, 3.05) is 11.9 Å². The summed E-state index contributed by atoms with van der Waals surface area (Å²) in [5, 5.41) is 22.8. The summed E-state index contributed by atoms with van der Waals surface area (Å²) in [7, 11) is 0. The summed E-state index contributed by atoms with van der Waals surface area (Å²) in [6.07, 6.45) is 2.99. The molecule has 1 aliphatic heterocycles. The number of thioether (sulfide) groups is 1. The standard InChI is InChI=1S/C17H12N2O6S2/c20-9-3-4-12(11(6-9)16(23)24)18-14(21)8-19-15(22)13(27-17(19)26)7-10-2-1-5-25-10/h1-7,20H,8H2,(H,18,21)(H,23,24)/p-1/b13-7+. The molecule has 2 N–H and O–H groups in total. The summed E-state index contributed by atoms with van der Waals surface area (Å²) in [6.45, 7) is -0.391. The second-order valence-electron chi connectivity index (χ2n) is 5.34. The van der Waals surface area contributed by atoms with Crippen LogP contribution in [0.3, 0.4) is 0 Å². The number of hydrogen-bond donors (Lipinski definition) is 2. The molecule has 2 heterocycles. The molecule has 138 valence electrons. The number of rotatable bonds is 5. The Morgan fingerprint density at radius 2 is 2.15 bits per heavy atom. The minimum absolute atomic E-state index is 0.0383. The molecule has 1 aromatic carbocycles. The molecule has 0 unspecified atom stereocenters. The fraction of sp³-hybridized carbons (Fsp3) is 0.0588. The highest BCUT2D eigenvalue weighted by atomic mass is 32.2. The number of carbonyl (C=O) groups excluding carboxylic acids is 2. The van der Waals surface area contributed by atoms with Gasteiger partial charge in [-0.2, -0.15) is 0 Å². The Balaban J connectivity index is 1.72. The number of carboxylic acids is 1. The van der Waals surface area contributed by atoms with Gasteiger partial charge in [0.15, 0.2) is 0 Å². The average Bonchev–Trinajstić information content (AvgIpc) is 3.21. The summed E-state index contributed by atoms with van der Waals surface area (Å²) in [5.74, 6) is -2.47. The molecule has 0 spiro atoms. The number of anilines is 1. The van der Waals surface area contributed by atoms with Crippen LogP contribution in [0, 0.1) is 0 Å². The highest BCUT2D eigenvalue weighted by Gasteiger charge is 2.33. The van der Waals surface area contributed by atoms with Crippen LogP contribution in [0.1, 0.15) is 16.1 Å². The molecule has 2 aromatic rings. The van der Waals surface area contributed by atoms with Crippen molar-refractivity contribution >= 4 is 57.8 Å². The zero-order valence-corrected chi connectivity index (χ0v) is 15.1. The van der Waals surface area contributed by atoms with Crippen LogP contribution in [0.2, 0.25) is 0 Å². The van der Waals surface area contributed by atoms with Crippen molar-refractivity contribution in [2.24, 2.45) is 0 Å². The fourth-order valence-electron chi connectivity index (χ4n) is 2.28. The van der Waals surface area contributed by atoms with Crippen LogP contribution < -0.4 is 10.4 Å². The van der Waals surface area contributed by atoms with Crippen molar-refractivity contribution < 1.29 is 29.0 Å². The van der Waals surface area contributed by atoms with Crippen molar-refractivity contribution in [3.8, 4) is 5.75 Å². The molecule has 0 saturated carbocycles. The van der Waals surface area contributed by atoms with Crippen LogP contribution in [0.15, 0.2) is 45.9 Å². The van der Waals surface area contributed by atoms with Crippen LogP contribution in [-0.4, -0.2) is 38.7 Å². The topological polar surface area (TPSA) is 123 Å². The largest absolute Gasteiger partial charge is 0.872 e. The maximum absolute atomic E-state index is 12.4. The van der Waals surface area contributed by atoms with E-state index in [-0.39, 0.29) is 15.6 Å². The van der Waals surface area contributed by atoms with Gasteiger partial charge in [-0.15, -0.1) is 5.75 Å². The van der Waals surface area contributed by atoms with Crippen molar-refractivity contribution in [2.45, 2.75) is 0 Å². The van der Waals surface area contributed by atoms with Gasteiger partial charge in [0.25, 0.3) is 5.91 Å². The Morgan fingerprint density at radius 1 is 1.37 bits per heavy atom. The van der Waals surface area contributed by atoms with Gasteiger partial charge in [-0.1, -0.05) is 36.1 Å². The first-order valence-electron chi connectivity index (χ1n) is 7.48. The maximum Gasteiger partial charge on any atom is 0.337 e. The average molecular weight is 403 g/mol. The van der Waals surface area contributed by atoms with Crippen LogP contribution in [0.5, 0.6) is 5.75 Å². The monoisotopic (exact) mass is 403 g/mol. The lowest BCUT2D eigenvalue weighted by Crippen LogP contribution is -2.36. The third kappa shape index (κ3) is 4.18. The van der Waals surface area contributed by atoms with E-state index in [1.165, 1.54) is 18.4 Å². The van der Waals surface area contributed by atoms with E-state index < -0.39 is 30.1 Å². The Labute approximate surface area is 162 Å². The number of aromatic carboxylic acids is 1. The van der Waals surface area contributed by atoms with Crippen molar-refractivity contribution in [3.63, 3.8) is 0 Å². The minimum Gasteiger partial charge on any atom is -0.872 e. The molecule has 1 saturated heterocycles. The van der Waals surface area contributed by atoms with E-state index in [1.54, 1.807) is 12.1 Å². The smallest absolute Gasteiger partial charge is 0.337 e. The number of amides is 2. The van der Waals surface area contributed by atoms with E-state index in [4.69, 9.17) is 21.7 Å². The predicted molar refractivity (Wildman–Crippen MR) is 100 cm³/mol. The van der Waals surface area contributed by atoms with Gasteiger partial charge in [0.05, 0.1) is 22.4 Å². The summed E-state index contributed by atoms with van der Waals surface area (Å²) >= 11 is 6.17. The van der Waals surface area contributed by atoms with Crippen molar-refractivity contribution in [1.29, 1.82) is 0 Å². The molecule has 0 atom stereocenters. The molecule has 3 rings (SSSR count). The molecule has 10 heteroatoms. The quantitative estimate of drug-likeness (QED) is 0.573. The SMILES string of the molecule is O=C(CN1C(=O)/C(=C\c2ccco2)SC1=S)Nc1ccc([O-])cc1C(=O)O. The van der Waals surface area contributed by atoms with Gasteiger partial charge in [-0.3, -0.25) is 14.5 Å². The van der Waals surface area contributed by atoms with E-state index >= 15 is 0 Å². The van der Waals surface area contributed by atoms with Gasteiger partial charge in [0.1, 0.15) is 16.6 Å². The second-order valence-corrected chi connectivity index (χ2v) is 7.02. The molecule has 1 fully saturated rings. The Bertz CT molecular complexity index is 968. The predicted octanol–water partition coefficient (Wildman–Crippen LogP) is 1.89. The number of carboxylic acid groups (broad SMARTS) is 1. The summed E-state index contributed by atoms with van der Waals surface area (Å²) in [6, 6.07) is 6.59. The molecule has 0 bridgehead atoms. The zero-order valence-electron chi connectivity index (χ0n) is 13.5. The van der Waals surface area contributed by atoms with E-state index in [9.17, 15) is 19.5 Å². The number of hydrogen-bond acceptors (Lipinski definition) is 7. The van der Waals surface area contributed by atoms with Crippen LogP contribution in [-0.2, 0) is 9.59 Å². The Morgan fingerprint density at radius 3 is 2.81 bits per heavy atom. The van der Waals surface area contributed by atoms with E-state index in [2.05, 4.69) is 5.32 Å². The van der Waals surface area contributed by atoms with Crippen molar-refractivity contribution in [1.82, 2.24) is 4.90 Å². The minimum atomic E-state index is -1.35. The highest BCUT2D eigenvalue weighted by Crippen LogP contribution is 2.32. The molecule has 1 aliphatic rings. The molecule has 27 heavy (non-hydrogen) atoms. The molecule has 0 aliphatic carbocycles. The van der Waals surface area contributed by atoms with Gasteiger partial charge >= 0.3 is 5.97 Å². The van der Waals surface area contributed by atoms with Crippen molar-refractivity contribution in [3.05, 3.63) is 52.8 Å². The molecule has 8 nitrogen and oxygen atoms in total. The lowest BCUT2D eigenvalue weighted by atomic mass is 10.1. The van der Waals surface area contributed by atoms with Crippen LogP contribution >= 0.6 is 24.0 Å². The van der Waals surface area contributed by atoms with E-state index in [0.29, 0.717) is 10.7 Å². The maximum atomic E-state index is 12.4. The second kappa shape index (κ2) is 7.64. The Hall–Kier alpha value is -3.11. The van der Waals surface area contributed by atoms with Crippen LogP contribution in [0.4, 0.5) is 5.69 Å². The Kier molecular flexibility index (Phi) is 5.28. The first-order chi connectivity index (χ1) is 12.8. The van der Waals surface area contributed by atoms with E-state index in [0.717, 1.165) is 28.8 Å². The van der Waals surface area contributed by atoms with Crippen LogP contribution in [0.25, 0.3) is 6.08 Å². The number of nitrogens with zero attached hydrogens (tertiary/aromatic N) is 1. The van der Waals surface area contributed by atoms with Gasteiger partial charge in [0.2, 0.25) is 5.91 Å². The lowest BCUT2D eigenvalue weighted by molar-refractivity contribution is -0.268. The molecular weight excluding hydrogens is 392 g/mol. The van der Waals surface area contributed by atoms with Gasteiger partial charge in [-0.25, -0.2) is 4.79 Å². The third-order valence-corrected chi connectivity index (χ3v) is 4.87. The fourth-order valence-corrected chi connectivity index (χ4v) is 3.52. The normalized spacial score (nSPS) is 15.4. The summed E-state index contributed by atoms with van der Waals surface area (Å²) < 4.78 is 5.35. The number of carbonyl (C=O) groups is 3. The number of nitrogens with one attached hydrogen (secondary N) is 1. The van der Waals surface area contributed by atoms with Gasteiger partial charge < -0.3 is 19.9 Å². The zero-order chi connectivity index (χ0) is 19.6. The molecule has 0 radical (unpaired) electrons. The molecule has 1 aromatic heterocycles. The number of furan rings is 1. The van der Waals surface area contributed by atoms with E-state index in [1.807, 2.05) is 0 Å².